The summed E-state index contributed by atoms with van der Waals surface area (Å²) < 4.78 is 90.4. The Morgan fingerprint density at radius 2 is 1.60 bits per heavy atom. The summed E-state index contributed by atoms with van der Waals surface area (Å²) in [5.74, 6) is 0.0562. The molecule has 1 radical (unpaired) electrons. The van der Waals surface area contributed by atoms with Gasteiger partial charge in [0.25, 0.3) is 0 Å². The molecular formula is C42H45IrN3O-2. The average Bonchev–Trinajstić information content (AvgIpc) is 3.54. The number of benzene rings is 3. The number of aryl methyl sites for hydroxylation is 3. The minimum absolute atomic E-state index is 0. The fraction of sp³-hybridized carbons (Fsp3) is 0.310. The second-order valence-corrected chi connectivity index (χ2v) is 13.4. The summed E-state index contributed by atoms with van der Waals surface area (Å²) in [5, 5.41) is 0. The van der Waals surface area contributed by atoms with Crippen molar-refractivity contribution in [3.8, 4) is 33.6 Å². The van der Waals surface area contributed by atoms with Gasteiger partial charge in [-0.2, -0.15) is 0 Å². The van der Waals surface area contributed by atoms with Crippen LogP contribution < -0.4 is 0 Å². The van der Waals surface area contributed by atoms with Gasteiger partial charge in [0, 0.05) is 54.0 Å². The third kappa shape index (κ3) is 9.79. The van der Waals surface area contributed by atoms with Gasteiger partial charge in [-0.25, -0.2) is 4.98 Å². The first-order valence-corrected chi connectivity index (χ1v) is 15.1. The van der Waals surface area contributed by atoms with E-state index in [9.17, 15) is 0 Å². The van der Waals surface area contributed by atoms with Crippen LogP contribution in [0.1, 0.15) is 84.8 Å². The Balaban J connectivity index is 0.000000300. The van der Waals surface area contributed by atoms with Crippen LogP contribution >= 0.6 is 0 Å². The first-order chi connectivity index (χ1) is 26.1. The van der Waals surface area contributed by atoms with E-state index in [-0.39, 0.29) is 48.1 Å². The molecule has 4 nitrogen and oxygen atoms in total. The predicted octanol–water partition coefficient (Wildman–Crippen LogP) is 11.0. The molecule has 6 rings (SSSR count). The van der Waals surface area contributed by atoms with E-state index in [0.29, 0.717) is 34.5 Å². The van der Waals surface area contributed by atoms with Gasteiger partial charge in [-0.05, 0) is 65.6 Å². The van der Waals surface area contributed by atoms with Crippen molar-refractivity contribution in [2.75, 3.05) is 0 Å². The molecule has 0 bridgehead atoms. The number of hydrogen-bond donors (Lipinski definition) is 0. The predicted molar refractivity (Wildman–Crippen MR) is 191 cm³/mol. The number of aromatic nitrogens is 3. The van der Waals surface area contributed by atoms with Gasteiger partial charge in [-0.3, -0.25) is 0 Å². The first kappa shape index (κ1) is 23.4. The molecule has 0 atom stereocenters. The summed E-state index contributed by atoms with van der Waals surface area (Å²) in [5.41, 5.74) is 5.98. The van der Waals surface area contributed by atoms with Crippen molar-refractivity contribution in [1.29, 1.82) is 0 Å². The molecule has 0 saturated heterocycles. The zero-order valence-corrected chi connectivity index (χ0v) is 29.8. The molecule has 0 unspecified atom stereocenters. The van der Waals surface area contributed by atoms with Gasteiger partial charge < -0.3 is 14.4 Å². The molecule has 0 N–H and O–H groups in total. The number of nitrogens with zero attached hydrogens (tertiary/aromatic N) is 3. The van der Waals surface area contributed by atoms with Gasteiger partial charge >= 0.3 is 0 Å². The Hall–Kier alpha value is -3.92. The topological polar surface area (TPSA) is 51.8 Å². The summed E-state index contributed by atoms with van der Waals surface area (Å²) in [7, 11) is 0. The van der Waals surface area contributed by atoms with E-state index < -0.39 is 32.3 Å². The summed E-state index contributed by atoms with van der Waals surface area (Å²) in [6.07, 6.45) is 1.63. The number of fused-ring (bicyclic) bond motifs is 1. The van der Waals surface area contributed by atoms with Gasteiger partial charge in [0.2, 0.25) is 0 Å². The average molecular weight is 811 g/mol. The third-order valence-corrected chi connectivity index (χ3v) is 6.86. The summed E-state index contributed by atoms with van der Waals surface area (Å²) in [6, 6.07) is 26.8. The van der Waals surface area contributed by atoms with Crippen molar-refractivity contribution < 1.29 is 39.6 Å². The Morgan fingerprint density at radius 1 is 0.809 bits per heavy atom. The summed E-state index contributed by atoms with van der Waals surface area (Å²) in [4.78, 5) is 13.1. The number of oxazole rings is 1. The van der Waals surface area contributed by atoms with E-state index in [0.717, 1.165) is 22.3 Å². The van der Waals surface area contributed by atoms with Gasteiger partial charge in [0.15, 0.2) is 11.5 Å². The molecule has 3 heterocycles. The molecule has 0 aliphatic carbocycles. The van der Waals surface area contributed by atoms with Crippen LogP contribution in [0.2, 0.25) is 0 Å². The zero-order chi connectivity index (χ0) is 42.4. The molecular weight excluding hydrogens is 755 g/mol. The first-order valence-electron chi connectivity index (χ1n) is 20.6. The Kier molecular flexibility index (Phi) is 7.41. The summed E-state index contributed by atoms with van der Waals surface area (Å²) >= 11 is 0. The smallest absolute Gasteiger partial charge is 0.195 e. The molecule has 3 aromatic carbocycles. The van der Waals surface area contributed by atoms with Gasteiger partial charge in [0.1, 0.15) is 5.52 Å². The molecule has 0 saturated carbocycles. The Labute approximate surface area is 309 Å². The minimum atomic E-state index is -2.25. The number of hydrogen-bond acceptors (Lipinski definition) is 4. The van der Waals surface area contributed by atoms with Crippen molar-refractivity contribution >= 4 is 11.1 Å². The van der Waals surface area contributed by atoms with Crippen molar-refractivity contribution in [3.63, 3.8) is 0 Å². The maximum atomic E-state index is 8.52. The molecule has 0 fully saturated rings. The molecule has 0 amide bonds. The van der Waals surface area contributed by atoms with E-state index >= 15 is 0 Å². The third-order valence-electron chi connectivity index (χ3n) is 6.86. The SMILES string of the molecule is [2H]C([2H])([2H])c1c[c-]c(-c2ccc(C([2H])([2H])[2H])cn2)cc1.[2H]C([2H])([2H])c1cnc(-c2[c-]cccc2-c2ccc3oc(C([2H])([2H])C(C)(C)C)nc3c2)cc1CC(C)(C)C.[Ir]. The molecule has 0 aliphatic rings. The van der Waals surface area contributed by atoms with Crippen LogP contribution in [0.15, 0.2) is 89.6 Å². The van der Waals surface area contributed by atoms with Gasteiger partial charge in [0.05, 0.1) is 0 Å². The van der Waals surface area contributed by atoms with E-state index in [4.69, 9.17) is 19.5 Å². The van der Waals surface area contributed by atoms with Crippen molar-refractivity contribution in [2.24, 2.45) is 10.8 Å². The van der Waals surface area contributed by atoms with Crippen LogP contribution in [0.25, 0.3) is 44.7 Å². The summed E-state index contributed by atoms with van der Waals surface area (Å²) in [6.45, 7) is 5.12. The normalized spacial score (nSPS) is 16.1. The molecule has 245 valence electrons. The van der Waals surface area contributed by atoms with E-state index in [2.05, 4.69) is 47.9 Å². The minimum Gasteiger partial charge on any atom is -0.441 e. The van der Waals surface area contributed by atoms with Crippen LogP contribution in [0.4, 0.5) is 0 Å². The van der Waals surface area contributed by atoms with Crippen LogP contribution in [-0.4, -0.2) is 15.0 Å². The molecule has 3 aromatic heterocycles. The van der Waals surface area contributed by atoms with Crippen molar-refractivity contribution in [2.45, 2.75) is 74.9 Å². The maximum absolute atomic E-state index is 8.52. The van der Waals surface area contributed by atoms with Crippen LogP contribution in [0.5, 0.6) is 0 Å². The van der Waals surface area contributed by atoms with Gasteiger partial charge in [-0.1, -0.05) is 89.4 Å². The Bertz CT molecular complexity index is 2280. The standard InChI is InChI=1S/C29H33N2O.C13H12N.Ir/c1-19-18-30-24(15-21(19)16-28(2,3)4)23-11-9-8-10-22(23)20-12-13-26-25(14-20)31-27(32-26)17-29(5,6)7;1-10-3-6-12(7-4-10)13-8-5-11(2)9-14-13;/h8-10,12-15,18H,16-17H2,1-7H3;3-6,8-9H,1-2H3;/q2*-1;/i1D3,17D2;1D3,2D3;. The van der Waals surface area contributed by atoms with Gasteiger partial charge in [-0.15, -0.1) is 65.2 Å². The van der Waals surface area contributed by atoms with E-state index in [1.807, 2.05) is 57.2 Å². The van der Waals surface area contributed by atoms with Crippen LogP contribution in [0, 0.1) is 43.5 Å². The number of pyridine rings is 2. The maximum Gasteiger partial charge on any atom is 0.195 e. The monoisotopic (exact) mass is 811 g/mol. The number of rotatable bonds is 5. The fourth-order valence-corrected chi connectivity index (χ4v) is 4.85. The molecule has 0 spiro atoms. The molecule has 6 aromatic rings. The van der Waals surface area contributed by atoms with Crippen LogP contribution in [0.3, 0.4) is 0 Å². The Morgan fingerprint density at radius 3 is 2.26 bits per heavy atom. The van der Waals surface area contributed by atoms with Crippen LogP contribution in [-0.2, 0) is 32.9 Å². The van der Waals surface area contributed by atoms with Crippen molar-refractivity contribution in [3.05, 3.63) is 125 Å². The second-order valence-electron chi connectivity index (χ2n) is 13.4. The molecule has 0 aliphatic heterocycles. The fourth-order valence-electron chi connectivity index (χ4n) is 4.85. The molecule has 5 heteroatoms. The van der Waals surface area contributed by atoms with E-state index in [1.165, 1.54) is 30.6 Å². The second kappa shape index (κ2) is 14.9. The quantitative estimate of drug-likeness (QED) is 0.163. The van der Waals surface area contributed by atoms with E-state index in [1.54, 1.807) is 18.2 Å². The molecule has 47 heavy (non-hydrogen) atoms. The largest absolute Gasteiger partial charge is 0.441 e. The van der Waals surface area contributed by atoms with Crippen molar-refractivity contribution in [1.82, 2.24) is 15.0 Å². The zero-order valence-electron chi connectivity index (χ0n) is 38.4.